The van der Waals surface area contributed by atoms with Gasteiger partial charge in [-0.15, -0.1) is 0 Å². The van der Waals surface area contributed by atoms with E-state index in [1.165, 1.54) is 0 Å². The van der Waals surface area contributed by atoms with Gasteiger partial charge in [0.1, 0.15) is 6.17 Å². The highest BCUT2D eigenvalue weighted by atomic mass is 127. The molecule has 0 aliphatic rings. The first-order valence-corrected chi connectivity index (χ1v) is 6.24. The van der Waals surface area contributed by atoms with Gasteiger partial charge in [0.2, 0.25) is 0 Å². The Kier molecular flexibility index (Phi) is 7.81. The second kappa shape index (κ2) is 7.62. The first kappa shape index (κ1) is 14.4. The third-order valence-corrected chi connectivity index (χ3v) is 3.85. The zero-order valence-corrected chi connectivity index (χ0v) is 11.3. The molecule has 0 saturated carbocycles. The maximum Gasteiger partial charge on any atom is 0.123 e. The van der Waals surface area contributed by atoms with Crippen molar-refractivity contribution >= 4 is 30.4 Å². The second-order valence-electron chi connectivity index (χ2n) is 3.69. The number of nitrogens with zero attached hydrogens (tertiary/aromatic N) is 1. The summed E-state index contributed by atoms with van der Waals surface area (Å²) in [5, 5.41) is 6.64. The van der Waals surface area contributed by atoms with E-state index in [1.54, 1.807) is 0 Å². The third-order valence-electron chi connectivity index (χ3n) is 2.62. The minimum absolute atomic E-state index is 0.0578. The molecule has 0 aromatic carbocycles. The van der Waals surface area contributed by atoms with Crippen molar-refractivity contribution in [3.63, 3.8) is 0 Å². The predicted molar refractivity (Wildman–Crippen MR) is 69.1 cm³/mol. The zero-order chi connectivity index (χ0) is 11.1. The van der Waals surface area contributed by atoms with Crippen molar-refractivity contribution in [1.82, 2.24) is 5.32 Å². The van der Waals surface area contributed by atoms with Crippen LogP contribution in [-0.2, 0) is 0 Å². The average molecular weight is 307 g/mol. The van der Waals surface area contributed by atoms with Crippen LogP contribution in [0.15, 0.2) is 5.11 Å². The molecule has 0 aliphatic heterocycles. The van der Waals surface area contributed by atoms with Crippen molar-refractivity contribution in [3.8, 4) is 0 Å². The van der Waals surface area contributed by atoms with Crippen LogP contribution < -0.4 is 5.32 Å². The van der Waals surface area contributed by atoms with Crippen LogP contribution in [0.1, 0.15) is 26.7 Å². The maximum atomic E-state index is 7.07. The molecule has 5 heteroatoms. The van der Waals surface area contributed by atoms with Crippen LogP contribution in [0.2, 0.25) is 0 Å². The minimum Gasteiger partial charge on any atom is -0.297 e. The first-order chi connectivity index (χ1) is 6.56. The van der Waals surface area contributed by atoms with E-state index in [1.807, 2.05) is 7.05 Å². The van der Waals surface area contributed by atoms with E-state index in [9.17, 15) is 0 Å². The highest BCUT2D eigenvalue weighted by molar-refractivity contribution is 14.1. The summed E-state index contributed by atoms with van der Waals surface area (Å²) in [6, 6.07) is 0. The fourth-order valence-electron chi connectivity index (χ4n) is 1.53. The summed E-state index contributed by atoms with van der Waals surface area (Å²) in [5.41, 5.74) is 7.07. The van der Waals surface area contributed by atoms with Crippen LogP contribution in [0.25, 0.3) is 0 Å². The van der Waals surface area contributed by atoms with Crippen molar-refractivity contribution in [3.05, 3.63) is 0 Å². The Morgan fingerprint density at radius 2 is 2.14 bits per heavy atom. The van der Waals surface area contributed by atoms with E-state index >= 15 is 0 Å². The van der Waals surface area contributed by atoms with E-state index in [0.717, 1.165) is 12.8 Å². The lowest BCUT2D eigenvalue weighted by molar-refractivity contribution is 0.300. The summed E-state index contributed by atoms with van der Waals surface area (Å²) in [4.78, 5) is 0. The highest BCUT2D eigenvalue weighted by Crippen LogP contribution is 2.24. The number of halogens is 1. The van der Waals surface area contributed by atoms with Crippen molar-refractivity contribution < 1.29 is 0 Å². The summed E-state index contributed by atoms with van der Waals surface area (Å²) in [6.07, 6.45) is 1.99. The molecule has 4 atom stereocenters. The number of hydrogen-bond acceptors (Lipinski definition) is 3. The summed E-state index contributed by atoms with van der Waals surface area (Å²) in [6.45, 7) is 4.28. The molecule has 0 amide bonds. The molecule has 0 unspecified atom stereocenters. The van der Waals surface area contributed by atoms with E-state index in [2.05, 4.69) is 46.9 Å². The van der Waals surface area contributed by atoms with Crippen LogP contribution in [0.3, 0.4) is 0 Å². The van der Waals surface area contributed by atoms with E-state index in [4.69, 9.17) is 13.4 Å². The molecule has 0 saturated heterocycles. The monoisotopic (exact) mass is 307 g/mol. The van der Waals surface area contributed by atoms with E-state index in [0.29, 0.717) is 11.8 Å². The molecule has 0 bridgehead atoms. The van der Waals surface area contributed by atoms with E-state index in [-0.39, 0.29) is 9.99 Å². The normalized spacial score (nSPS) is 19.7. The Hall–Kier alpha value is 0.355. The molecule has 0 aromatic heterocycles. The molecule has 80 valence electrons. The molecule has 14 heavy (non-hydrogen) atoms. The van der Waals surface area contributed by atoms with Crippen molar-refractivity contribution in [2.24, 2.45) is 17.0 Å². The minimum atomic E-state index is -0.0578. The standard InChI is InChI=1S/C9H19BIN3/c1-4-7(9(13-3)14-12)5-6(2)8(10)11/h6-9,12-13H,4-5H2,1-3H3/t6-,7-,8+,9+/m1/s1. The molecule has 0 heterocycles. The summed E-state index contributed by atoms with van der Waals surface area (Å²) < 4.78 is 0.185. The summed E-state index contributed by atoms with van der Waals surface area (Å²) in [5.74, 6) is 0.881. The van der Waals surface area contributed by atoms with Crippen molar-refractivity contribution in [2.75, 3.05) is 7.05 Å². The Bertz CT molecular complexity index is 166. The van der Waals surface area contributed by atoms with Gasteiger partial charge >= 0.3 is 0 Å². The summed E-state index contributed by atoms with van der Waals surface area (Å²) >= 11 is 2.25. The van der Waals surface area contributed by atoms with Crippen LogP contribution in [0, 0.1) is 17.4 Å². The fourth-order valence-corrected chi connectivity index (χ4v) is 1.83. The molecule has 0 spiro atoms. The molecule has 3 nitrogen and oxygen atoms in total. The maximum absolute atomic E-state index is 7.07. The number of rotatable bonds is 7. The van der Waals surface area contributed by atoms with Gasteiger partial charge in [-0.3, -0.25) is 5.32 Å². The molecule has 0 fully saturated rings. The van der Waals surface area contributed by atoms with Gasteiger partial charge in [0, 0.05) is 0 Å². The van der Waals surface area contributed by atoms with Gasteiger partial charge in [-0.05, 0) is 35.5 Å². The number of hydrogen-bond donors (Lipinski definition) is 2. The second-order valence-corrected chi connectivity index (χ2v) is 5.13. The van der Waals surface area contributed by atoms with Crippen molar-refractivity contribution in [1.29, 1.82) is 5.53 Å². The quantitative estimate of drug-likeness (QED) is 0.323. The van der Waals surface area contributed by atoms with E-state index < -0.39 is 0 Å². The van der Waals surface area contributed by atoms with Crippen LogP contribution in [0.5, 0.6) is 0 Å². The van der Waals surface area contributed by atoms with Crippen LogP contribution in [-0.4, -0.2) is 24.9 Å². The average Bonchev–Trinajstić information content (AvgIpc) is 2.17. The van der Waals surface area contributed by atoms with Crippen molar-refractivity contribution in [2.45, 2.75) is 36.7 Å². The lowest BCUT2D eigenvalue weighted by Gasteiger charge is -2.25. The largest absolute Gasteiger partial charge is 0.297 e. The number of alkyl halides is 1. The van der Waals surface area contributed by atoms with Gasteiger partial charge in [0.15, 0.2) is 0 Å². The Labute approximate surface area is 102 Å². The lowest BCUT2D eigenvalue weighted by Crippen LogP contribution is -2.33. The third kappa shape index (κ3) is 4.73. The molecule has 0 aromatic rings. The topological polar surface area (TPSA) is 48.2 Å². The zero-order valence-electron chi connectivity index (χ0n) is 9.13. The molecular formula is C9H19BIN3. The van der Waals surface area contributed by atoms with Crippen LogP contribution in [0.4, 0.5) is 0 Å². The Morgan fingerprint density at radius 1 is 1.57 bits per heavy atom. The van der Waals surface area contributed by atoms with Gasteiger partial charge in [0.25, 0.3) is 0 Å². The smallest absolute Gasteiger partial charge is 0.123 e. The predicted octanol–water partition coefficient (Wildman–Crippen LogP) is 2.54. The van der Waals surface area contributed by atoms with Crippen LogP contribution >= 0.6 is 22.6 Å². The van der Waals surface area contributed by atoms with Gasteiger partial charge in [-0.2, -0.15) is 5.11 Å². The van der Waals surface area contributed by atoms with Gasteiger partial charge in [-0.25, -0.2) is 5.53 Å². The summed E-state index contributed by atoms with van der Waals surface area (Å²) in [7, 11) is 7.66. The first-order valence-electron chi connectivity index (χ1n) is 5.00. The molecular weight excluding hydrogens is 288 g/mol. The Morgan fingerprint density at radius 3 is 2.43 bits per heavy atom. The fraction of sp³-hybridized carbons (Fsp3) is 1.00. The Balaban J connectivity index is 4.19. The SMILES string of the molecule is [B][C@@H](I)[C@H](C)C[C@@H](CC)[C@H](N=N)NC. The molecule has 0 aliphatic carbocycles. The highest BCUT2D eigenvalue weighted by Gasteiger charge is 2.21. The van der Waals surface area contributed by atoms with Gasteiger partial charge < -0.3 is 0 Å². The van der Waals surface area contributed by atoms with Gasteiger partial charge in [0.05, 0.1) is 7.85 Å². The molecule has 2 radical (unpaired) electrons. The molecule has 2 N–H and O–H groups in total. The number of nitrogens with one attached hydrogen (secondary N) is 2. The molecule has 0 rings (SSSR count). The van der Waals surface area contributed by atoms with Gasteiger partial charge in [-0.1, -0.05) is 36.4 Å². The lowest BCUT2D eigenvalue weighted by atomic mass is 9.83.